The standard InChI is InChI=1S/C21H27ClN2O3/c1-25-19-13-21(27-3)20(26-2)12-17(19)15-24-10-8-23(9-11-24)14-16-6-4-5-7-18(16)22/h4-7,12-13H,8-11,14-15H2,1-3H3. The fourth-order valence-corrected chi connectivity index (χ4v) is 3.63. The van der Waals surface area contributed by atoms with Gasteiger partial charge in [-0.1, -0.05) is 29.8 Å². The molecule has 0 radical (unpaired) electrons. The monoisotopic (exact) mass is 390 g/mol. The Hall–Kier alpha value is -1.95. The lowest BCUT2D eigenvalue weighted by Gasteiger charge is -2.35. The van der Waals surface area contributed by atoms with E-state index in [1.807, 2.05) is 30.3 Å². The molecule has 146 valence electrons. The summed E-state index contributed by atoms with van der Waals surface area (Å²) in [7, 11) is 4.98. The van der Waals surface area contributed by atoms with Crippen molar-refractivity contribution in [3.05, 3.63) is 52.5 Å². The van der Waals surface area contributed by atoms with Crippen LogP contribution in [0.3, 0.4) is 0 Å². The summed E-state index contributed by atoms with van der Waals surface area (Å²) in [5, 5.41) is 0.843. The van der Waals surface area contributed by atoms with E-state index in [0.717, 1.165) is 61.4 Å². The van der Waals surface area contributed by atoms with Gasteiger partial charge < -0.3 is 14.2 Å². The van der Waals surface area contributed by atoms with Crippen molar-refractivity contribution in [3.63, 3.8) is 0 Å². The Morgan fingerprint density at radius 1 is 0.741 bits per heavy atom. The third kappa shape index (κ3) is 4.86. The molecule has 6 heteroatoms. The van der Waals surface area contributed by atoms with Crippen molar-refractivity contribution in [1.29, 1.82) is 0 Å². The number of benzene rings is 2. The lowest BCUT2D eigenvalue weighted by atomic mass is 10.1. The minimum Gasteiger partial charge on any atom is -0.496 e. The molecule has 0 aromatic heterocycles. The van der Waals surface area contributed by atoms with Crippen LogP contribution in [0.2, 0.25) is 5.02 Å². The molecular formula is C21H27ClN2O3. The zero-order valence-electron chi connectivity index (χ0n) is 16.2. The molecule has 0 amide bonds. The average molecular weight is 391 g/mol. The topological polar surface area (TPSA) is 34.2 Å². The van der Waals surface area contributed by atoms with Crippen LogP contribution in [0.4, 0.5) is 0 Å². The number of ether oxygens (including phenoxy) is 3. The number of halogens is 1. The molecule has 27 heavy (non-hydrogen) atoms. The normalized spacial score (nSPS) is 15.6. The second kappa shape index (κ2) is 9.31. The van der Waals surface area contributed by atoms with Crippen molar-refractivity contribution in [2.24, 2.45) is 0 Å². The predicted octanol–water partition coefficient (Wildman–Crippen LogP) is 3.68. The van der Waals surface area contributed by atoms with Gasteiger partial charge in [0.05, 0.1) is 21.3 Å². The van der Waals surface area contributed by atoms with Gasteiger partial charge in [-0.2, -0.15) is 0 Å². The summed E-state index contributed by atoms with van der Waals surface area (Å²) in [4.78, 5) is 4.89. The van der Waals surface area contributed by atoms with Crippen LogP contribution in [0.1, 0.15) is 11.1 Å². The SMILES string of the molecule is COc1cc(OC)c(OC)cc1CN1CCN(Cc2ccccc2Cl)CC1. The number of rotatable bonds is 7. The molecule has 1 saturated heterocycles. The molecule has 1 heterocycles. The van der Waals surface area contributed by atoms with Crippen molar-refractivity contribution < 1.29 is 14.2 Å². The molecule has 1 aliphatic rings. The molecule has 2 aromatic rings. The number of piperazine rings is 1. The maximum absolute atomic E-state index is 6.29. The van der Waals surface area contributed by atoms with Crippen LogP contribution >= 0.6 is 11.6 Å². The molecule has 0 bridgehead atoms. The van der Waals surface area contributed by atoms with Crippen molar-refractivity contribution in [2.45, 2.75) is 13.1 Å². The number of methoxy groups -OCH3 is 3. The molecule has 0 spiro atoms. The maximum atomic E-state index is 6.29. The third-order valence-electron chi connectivity index (χ3n) is 5.00. The first-order valence-electron chi connectivity index (χ1n) is 9.11. The highest BCUT2D eigenvalue weighted by atomic mass is 35.5. The summed E-state index contributed by atoms with van der Waals surface area (Å²) in [5.74, 6) is 2.24. The summed E-state index contributed by atoms with van der Waals surface area (Å²) < 4.78 is 16.4. The average Bonchev–Trinajstić information content (AvgIpc) is 2.70. The van der Waals surface area contributed by atoms with Crippen molar-refractivity contribution in [3.8, 4) is 17.2 Å². The second-order valence-electron chi connectivity index (χ2n) is 6.66. The Labute approximate surface area is 166 Å². The predicted molar refractivity (Wildman–Crippen MR) is 108 cm³/mol. The van der Waals surface area contributed by atoms with E-state index in [0.29, 0.717) is 5.75 Å². The maximum Gasteiger partial charge on any atom is 0.164 e. The van der Waals surface area contributed by atoms with Crippen LogP contribution in [0.15, 0.2) is 36.4 Å². The quantitative estimate of drug-likeness (QED) is 0.720. The summed E-state index contributed by atoms with van der Waals surface area (Å²) in [5.41, 5.74) is 2.30. The fourth-order valence-electron chi connectivity index (χ4n) is 3.43. The van der Waals surface area contributed by atoms with Crippen molar-refractivity contribution in [1.82, 2.24) is 9.80 Å². The highest BCUT2D eigenvalue weighted by Crippen LogP contribution is 2.35. The van der Waals surface area contributed by atoms with Crippen LogP contribution in [-0.4, -0.2) is 57.3 Å². The van der Waals surface area contributed by atoms with Gasteiger partial charge in [0.1, 0.15) is 5.75 Å². The Kier molecular flexibility index (Phi) is 6.83. The number of hydrogen-bond acceptors (Lipinski definition) is 5. The zero-order chi connectivity index (χ0) is 19.2. The van der Waals surface area contributed by atoms with Gasteiger partial charge in [0, 0.05) is 55.9 Å². The molecule has 2 aromatic carbocycles. The first kappa shape index (κ1) is 19.8. The minimum atomic E-state index is 0.683. The summed E-state index contributed by atoms with van der Waals surface area (Å²) in [6.07, 6.45) is 0. The Balaban J connectivity index is 1.61. The van der Waals surface area contributed by atoms with E-state index in [2.05, 4.69) is 15.9 Å². The van der Waals surface area contributed by atoms with E-state index >= 15 is 0 Å². The Morgan fingerprint density at radius 2 is 1.26 bits per heavy atom. The Bertz CT molecular complexity index is 761. The van der Waals surface area contributed by atoms with E-state index in [9.17, 15) is 0 Å². The van der Waals surface area contributed by atoms with Gasteiger partial charge >= 0.3 is 0 Å². The van der Waals surface area contributed by atoms with Crippen LogP contribution in [-0.2, 0) is 13.1 Å². The van der Waals surface area contributed by atoms with Gasteiger partial charge in [-0.15, -0.1) is 0 Å². The second-order valence-corrected chi connectivity index (χ2v) is 7.07. The summed E-state index contributed by atoms with van der Waals surface area (Å²) in [6, 6.07) is 12.0. The first-order valence-corrected chi connectivity index (χ1v) is 9.49. The highest BCUT2D eigenvalue weighted by Gasteiger charge is 2.20. The number of hydrogen-bond donors (Lipinski definition) is 0. The first-order chi connectivity index (χ1) is 13.1. The summed E-state index contributed by atoms with van der Waals surface area (Å²) >= 11 is 6.29. The summed E-state index contributed by atoms with van der Waals surface area (Å²) in [6.45, 7) is 5.75. The van der Waals surface area contributed by atoms with Gasteiger partial charge in [-0.3, -0.25) is 9.80 Å². The van der Waals surface area contributed by atoms with E-state index in [1.165, 1.54) is 5.56 Å². The fraction of sp³-hybridized carbons (Fsp3) is 0.429. The number of nitrogens with zero attached hydrogens (tertiary/aromatic N) is 2. The zero-order valence-corrected chi connectivity index (χ0v) is 17.0. The lowest BCUT2D eigenvalue weighted by Crippen LogP contribution is -2.45. The molecule has 5 nitrogen and oxygen atoms in total. The molecule has 0 N–H and O–H groups in total. The minimum absolute atomic E-state index is 0.683. The van der Waals surface area contributed by atoms with E-state index in [1.54, 1.807) is 21.3 Å². The third-order valence-corrected chi connectivity index (χ3v) is 5.37. The van der Waals surface area contributed by atoms with E-state index in [4.69, 9.17) is 25.8 Å². The smallest absolute Gasteiger partial charge is 0.164 e. The van der Waals surface area contributed by atoms with E-state index in [-0.39, 0.29) is 0 Å². The molecular weight excluding hydrogens is 364 g/mol. The van der Waals surface area contributed by atoms with Crippen molar-refractivity contribution >= 4 is 11.6 Å². The van der Waals surface area contributed by atoms with Gasteiger partial charge in [-0.05, 0) is 17.7 Å². The largest absolute Gasteiger partial charge is 0.496 e. The highest BCUT2D eigenvalue weighted by molar-refractivity contribution is 6.31. The molecule has 0 saturated carbocycles. The van der Waals surface area contributed by atoms with Crippen LogP contribution in [0.5, 0.6) is 17.2 Å². The molecule has 1 fully saturated rings. The lowest BCUT2D eigenvalue weighted by molar-refractivity contribution is 0.121. The molecule has 1 aliphatic heterocycles. The van der Waals surface area contributed by atoms with E-state index < -0.39 is 0 Å². The van der Waals surface area contributed by atoms with Gasteiger partial charge in [0.25, 0.3) is 0 Å². The molecule has 0 aliphatic carbocycles. The van der Waals surface area contributed by atoms with Crippen molar-refractivity contribution in [2.75, 3.05) is 47.5 Å². The molecule has 0 unspecified atom stereocenters. The van der Waals surface area contributed by atoms with Crippen LogP contribution in [0.25, 0.3) is 0 Å². The Morgan fingerprint density at radius 3 is 1.81 bits per heavy atom. The van der Waals surface area contributed by atoms with Crippen LogP contribution in [0, 0.1) is 0 Å². The van der Waals surface area contributed by atoms with Gasteiger partial charge in [0.15, 0.2) is 11.5 Å². The molecule has 0 atom stereocenters. The van der Waals surface area contributed by atoms with Gasteiger partial charge in [-0.25, -0.2) is 0 Å². The van der Waals surface area contributed by atoms with Gasteiger partial charge in [0.2, 0.25) is 0 Å². The van der Waals surface area contributed by atoms with Crippen LogP contribution < -0.4 is 14.2 Å². The molecule has 3 rings (SSSR count).